The fraction of sp³-hybridized carbons (Fsp3) is 0.387. The molecule has 7 rings (SSSR count). The van der Waals surface area contributed by atoms with Gasteiger partial charge in [0.05, 0.1) is 35.4 Å². The van der Waals surface area contributed by atoms with Crippen molar-refractivity contribution in [1.82, 2.24) is 34.9 Å². The van der Waals surface area contributed by atoms with Crippen LogP contribution in [0.3, 0.4) is 0 Å². The molecule has 0 spiro atoms. The number of hydrogen-bond donors (Lipinski definition) is 2. The van der Waals surface area contributed by atoms with E-state index in [-0.39, 0.29) is 6.10 Å². The summed E-state index contributed by atoms with van der Waals surface area (Å²) in [4.78, 5) is 17.8. The van der Waals surface area contributed by atoms with E-state index in [0.717, 1.165) is 84.7 Å². The molecule has 39 heavy (non-hydrogen) atoms. The van der Waals surface area contributed by atoms with Crippen LogP contribution in [0.15, 0.2) is 55.0 Å². The third-order valence-corrected chi connectivity index (χ3v) is 8.30. The van der Waals surface area contributed by atoms with E-state index in [1.165, 1.54) is 36.2 Å². The third-order valence-electron chi connectivity index (χ3n) is 8.30. The standard InChI is InChI=1S/C31H35N7O/c1-37-11-13-38(14-12-37)30-10-6-5-9-26-24(30)16-28(34-26)31-25-17-27(33-20-29(25)35-36-31)21-15-23(19-32-18-21)39-22-7-3-2-4-8-22/h5-6,10,15-20,22,34H,2-4,7-9,11-14H2,1H3,(H,35,36). The van der Waals surface area contributed by atoms with Gasteiger partial charge in [0.25, 0.3) is 0 Å². The molecule has 5 heterocycles. The Labute approximate surface area is 228 Å². The Morgan fingerprint density at radius 3 is 2.72 bits per heavy atom. The minimum Gasteiger partial charge on any atom is -0.489 e. The Morgan fingerprint density at radius 1 is 0.974 bits per heavy atom. The number of aromatic nitrogens is 5. The van der Waals surface area contributed by atoms with Crippen LogP contribution in [-0.2, 0) is 6.42 Å². The van der Waals surface area contributed by atoms with Crippen LogP contribution < -0.4 is 4.74 Å². The van der Waals surface area contributed by atoms with E-state index >= 15 is 0 Å². The molecule has 1 saturated carbocycles. The van der Waals surface area contributed by atoms with Crippen molar-refractivity contribution >= 4 is 16.6 Å². The number of rotatable bonds is 5. The lowest BCUT2D eigenvalue weighted by Gasteiger charge is -2.35. The molecule has 2 fully saturated rings. The number of aromatic amines is 2. The Hall–Kier alpha value is -3.91. The van der Waals surface area contributed by atoms with Crippen molar-refractivity contribution in [3.05, 3.63) is 66.3 Å². The molecular formula is C31H35N7O. The van der Waals surface area contributed by atoms with Crippen molar-refractivity contribution in [3.63, 3.8) is 0 Å². The highest BCUT2D eigenvalue weighted by Crippen LogP contribution is 2.35. The molecule has 3 aliphatic rings. The molecule has 0 atom stereocenters. The molecule has 1 saturated heterocycles. The van der Waals surface area contributed by atoms with E-state index < -0.39 is 0 Å². The van der Waals surface area contributed by atoms with Crippen molar-refractivity contribution in [1.29, 1.82) is 0 Å². The summed E-state index contributed by atoms with van der Waals surface area (Å²) in [5.41, 5.74) is 8.43. The highest BCUT2D eigenvalue weighted by atomic mass is 16.5. The number of piperazine rings is 1. The number of ether oxygens (including phenoxy) is 1. The first-order valence-electron chi connectivity index (χ1n) is 14.2. The second kappa shape index (κ2) is 10.3. The van der Waals surface area contributed by atoms with Crippen LogP contribution in [0.5, 0.6) is 5.75 Å². The summed E-state index contributed by atoms with van der Waals surface area (Å²) in [6.07, 6.45) is 19.4. The maximum Gasteiger partial charge on any atom is 0.138 e. The third kappa shape index (κ3) is 4.85. The zero-order valence-corrected chi connectivity index (χ0v) is 22.5. The fourth-order valence-corrected chi connectivity index (χ4v) is 6.05. The van der Waals surface area contributed by atoms with Crippen molar-refractivity contribution in [2.24, 2.45) is 0 Å². The minimum absolute atomic E-state index is 0.287. The van der Waals surface area contributed by atoms with E-state index in [2.05, 4.69) is 68.3 Å². The van der Waals surface area contributed by atoms with Gasteiger partial charge < -0.3 is 19.5 Å². The van der Waals surface area contributed by atoms with Crippen molar-refractivity contribution < 1.29 is 4.74 Å². The summed E-state index contributed by atoms with van der Waals surface area (Å²) >= 11 is 0. The van der Waals surface area contributed by atoms with Crippen LogP contribution in [0.2, 0.25) is 0 Å². The largest absolute Gasteiger partial charge is 0.489 e. The van der Waals surface area contributed by atoms with Crippen LogP contribution in [0.1, 0.15) is 43.4 Å². The predicted octanol–water partition coefficient (Wildman–Crippen LogP) is 5.43. The maximum absolute atomic E-state index is 6.27. The molecule has 0 bridgehead atoms. The Kier molecular flexibility index (Phi) is 6.40. The number of nitrogens with zero attached hydrogens (tertiary/aromatic N) is 5. The molecule has 1 aliphatic heterocycles. The SMILES string of the molecule is CN1CCN(C2=CC=CCc3[nH]c(-c4n[nH]c5cnc(-c6cncc(OC7CCCCC7)c6)cc45)cc32)CC1. The topological polar surface area (TPSA) is 86.0 Å². The van der Waals surface area contributed by atoms with Gasteiger partial charge in [0.2, 0.25) is 0 Å². The van der Waals surface area contributed by atoms with Crippen LogP contribution in [0.4, 0.5) is 0 Å². The second-order valence-corrected chi connectivity index (χ2v) is 11.0. The molecule has 2 N–H and O–H groups in total. The number of allylic oxidation sites excluding steroid dienone is 3. The van der Waals surface area contributed by atoms with Gasteiger partial charge in [-0.2, -0.15) is 5.10 Å². The zero-order valence-electron chi connectivity index (χ0n) is 22.5. The van der Waals surface area contributed by atoms with Crippen LogP contribution in [0, 0.1) is 0 Å². The summed E-state index contributed by atoms with van der Waals surface area (Å²) in [6.45, 7) is 4.23. The van der Waals surface area contributed by atoms with Crippen molar-refractivity contribution in [2.75, 3.05) is 33.2 Å². The van der Waals surface area contributed by atoms with E-state index in [1.807, 2.05) is 18.6 Å². The number of pyridine rings is 2. The van der Waals surface area contributed by atoms with Gasteiger partial charge in [0, 0.05) is 66.7 Å². The average Bonchev–Trinajstić information content (AvgIpc) is 3.53. The molecule has 0 radical (unpaired) electrons. The van der Waals surface area contributed by atoms with Gasteiger partial charge in [-0.1, -0.05) is 18.6 Å². The summed E-state index contributed by atoms with van der Waals surface area (Å²) < 4.78 is 6.27. The summed E-state index contributed by atoms with van der Waals surface area (Å²) in [5.74, 6) is 0.818. The minimum atomic E-state index is 0.287. The van der Waals surface area contributed by atoms with Crippen LogP contribution in [-0.4, -0.2) is 74.3 Å². The average molecular weight is 522 g/mol. The van der Waals surface area contributed by atoms with Crippen molar-refractivity contribution in [2.45, 2.75) is 44.6 Å². The van der Waals surface area contributed by atoms with Gasteiger partial charge in [-0.15, -0.1) is 0 Å². The molecule has 0 aromatic carbocycles. The smallest absolute Gasteiger partial charge is 0.138 e. The van der Waals surface area contributed by atoms with E-state index in [1.54, 1.807) is 0 Å². The van der Waals surface area contributed by atoms with Gasteiger partial charge in [0.1, 0.15) is 11.4 Å². The number of likely N-dealkylation sites (N-methyl/N-ethyl adjacent to an activating group) is 1. The molecule has 2 aliphatic carbocycles. The second-order valence-electron chi connectivity index (χ2n) is 11.0. The molecule has 8 heteroatoms. The number of hydrogen-bond acceptors (Lipinski definition) is 6. The molecule has 200 valence electrons. The lowest BCUT2D eigenvalue weighted by molar-refractivity contribution is 0.154. The molecular weight excluding hydrogens is 486 g/mol. The predicted molar refractivity (Wildman–Crippen MR) is 154 cm³/mol. The summed E-state index contributed by atoms with van der Waals surface area (Å²) in [7, 11) is 2.19. The zero-order chi connectivity index (χ0) is 26.2. The first-order valence-corrected chi connectivity index (χ1v) is 14.2. The highest BCUT2D eigenvalue weighted by Gasteiger charge is 2.23. The van der Waals surface area contributed by atoms with Gasteiger partial charge in [0.15, 0.2) is 0 Å². The number of H-pyrrole nitrogens is 2. The van der Waals surface area contributed by atoms with E-state index in [4.69, 9.17) is 14.8 Å². The van der Waals surface area contributed by atoms with Gasteiger partial charge in [-0.25, -0.2) is 0 Å². The first kappa shape index (κ1) is 24.2. The Balaban J connectivity index is 1.20. The van der Waals surface area contributed by atoms with Gasteiger partial charge in [-0.3, -0.25) is 15.1 Å². The van der Waals surface area contributed by atoms with Crippen LogP contribution >= 0.6 is 0 Å². The molecule has 4 aromatic rings. The van der Waals surface area contributed by atoms with Gasteiger partial charge in [-0.05, 0) is 57.0 Å². The number of fused-ring (bicyclic) bond motifs is 2. The summed E-state index contributed by atoms with van der Waals surface area (Å²) in [6, 6.07) is 6.44. The Bertz CT molecular complexity index is 1530. The number of nitrogens with one attached hydrogen (secondary N) is 2. The lowest BCUT2D eigenvalue weighted by atomic mass is 9.98. The monoisotopic (exact) mass is 521 g/mol. The maximum atomic E-state index is 6.27. The fourth-order valence-electron chi connectivity index (χ4n) is 6.05. The normalized spacial score (nSPS) is 18.7. The summed E-state index contributed by atoms with van der Waals surface area (Å²) in [5, 5.41) is 8.94. The molecule has 0 amide bonds. The molecule has 8 nitrogen and oxygen atoms in total. The van der Waals surface area contributed by atoms with Crippen molar-refractivity contribution in [3.8, 4) is 28.4 Å². The van der Waals surface area contributed by atoms with E-state index in [0.29, 0.717) is 0 Å². The molecule has 4 aromatic heterocycles. The van der Waals surface area contributed by atoms with Crippen LogP contribution in [0.25, 0.3) is 39.2 Å². The van der Waals surface area contributed by atoms with Gasteiger partial charge >= 0.3 is 0 Å². The molecule has 0 unspecified atom stereocenters. The Morgan fingerprint density at radius 2 is 1.85 bits per heavy atom. The first-order chi connectivity index (χ1) is 19.2. The van der Waals surface area contributed by atoms with E-state index in [9.17, 15) is 0 Å². The highest BCUT2D eigenvalue weighted by molar-refractivity contribution is 5.94. The quantitative estimate of drug-likeness (QED) is 0.364. The lowest BCUT2D eigenvalue weighted by Crippen LogP contribution is -2.43.